The van der Waals surface area contributed by atoms with E-state index in [0.717, 1.165) is 11.8 Å². The maximum Gasteiger partial charge on any atom is 0.417 e. The maximum atomic E-state index is 12.9. The van der Waals surface area contributed by atoms with E-state index in [0.29, 0.717) is 11.8 Å². The van der Waals surface area contributed by atoms with Crippen LogP contribution in [0.15, 0.2) is 0 Å². The van der Waals surface area contributed by atoms with E-state index in [9.17, 15) is 23.1 Å². The lowest BCUT2D eigenvalue weighted by molar-refractivity contribution is -0.271. The molecule has 0 aromatic rings. The Labute approximate surface area is 139 Å². The van der Waals surface area contributed by atoms with Crippen molar-refractivity contribution in [2.75, 3.05) is 13.1 Å². The number of amides is 2. The minimum Gasteiger partial charge on any atom is -0.380 e. The largest absolute Gasteiger partial charge is 0.417 e. The molecule has 0 unspecified atom stereocenters. The average Bonchev–Trinajstić information content (AvgIpc) is 2.49. The van der Waals surface area contributed by atoms with E-state index in [2.05, 4.69) is 5.32 Å². The van der Waals surface area contributed by atoms with Crippen LogP contribution in [0.5, 0.6) is 0 Å². The fourth-order valence-corrected chi connectivity index (χ4v) is 5.76. The molecule has 2 N–H and O–H groups in total. The van der Waals surface area contributed by atoms with E-state index in [-0.39, 0.29) is 25.2 Å². The molecule has 4 bridgehead atoms. The summed E-state index contributed by atoms with van der Waals surface area (Å²) in [7, 11) is 0. The van der Waals surface area contributed by atoms with E-state index in [1.54, 1.807) is 0 Å². The number of nitrogens with zero attached hydrogens (tertiary/aromatic N) is 1. The summed E-state index contributed by atoms with van der Waals surface area (Å²) in [5.41, 5.74) is -2.65. The smallest absolute Gasteiger partial charge is 0.380 e. The maximum absolute atomic E-state index is 12.9. The molecular formula is C17H25F3N2O2. The van der Waals surface area contributed by atoms with Crippen molar-refractivity contribution in [1.29, 1.82) is 0 Å². The second-order valence-corrected chi connectivity index (χ2v) is 8.42. The van der Waals surface area contributed by atoms with Gasteiger partial charge in [0.05, 0.1) is 0 Å². The first-order chi connectivity index (χ1) is 11.2. The van der Waals surface area contributed by atoms with E-state index >= 15 is 0 Å². The lowest BCUT2D eigenvalue weighted by atomic mass is 9.54. The molecule has 0 aromatic heterocycles. The Bertz CT molecular complexity index is 486. The zero-order chi connectivity index (χ0) is 17.1. The molecule has 24 heavy (non-hydrogen) atoms. The van der Waals surface area contributed by atoms with Crippen molar-refractivity contribution in [2.24, 2.45) is 23.7 Å². The summed E-state index contributed by atoms with van der Waals surface area (Å²) in [5.74, 6) is 2.72. The summed E-state index contributed by atoms with van der Waals surface area (Å²) in [5, 5.41) is 12.8. The molecule has 136 valence electrons. The van der Waals surface area contributed by atoms with Gasteiger partial charge in [0.2, 0.25) is 0 Å². The molecule has 0 spiro atoms. The summed E-state index contributed by atoms with van der Waals surface area (Å²) in [6.07, 6.45) is 0.582. The van der Waals surface area contributed by atoms with Crippen molar-refractivity contribution in [3.63, 3.8) is 0 Å². The Hall–Kier alpha value is -0.980. The number of aliphatic hydroxyl groups is 1. The van der Waals surface area contributed by atoms with E-state index in [1.165, 1.54) is 37.0 Å². The predicted octanol–water partition coefficient (Wildman–Crippen LogP) is 2.91. The van der Waals surface area contributed by atoms with Crippen LogP contribution in [-0.4, -0.2) is 46.9 Å². The lowest BCUT2D eigenvalue weighted by Crippen LogP contribution is -2.60. The monoisotopic (exact) mass is 346 g/mol. The number of hydrogen-bond acceptors (Lipinski definition) is 2. The van der Waals surface area contributed by atoms with Crippen LogP contribution in [-0.2, 0) is 0 Å². The van der Waals surface area contributed by atoms with Crippen LogP contribution < -0.4 is 5.32 Å². The minimum absolute atomic E-state index is 0.0465. The van der Waals surface area contributed by atoms with Gasteiger partial charge in [-0.05, 0) is 55.8 Å². The van der Waals surface area contributed by atoms with Crippen LogP contribution in [0.2, 0.25) is 0 Å². The second-order valence-electron chi connectivity index (χ2n) is 8.42. The molecule has 0 atom stereocenters. The van der Waals surface area contributed by atoms with Crippen LogP contribution in [0.3, 0.4) is 0 Å². The van der Waals surface area contributed by atoms with Crippen LogP contribution >= 0.6 is 0 Å². The molecule has 0 aromatic carbocycles. The summed E-state index contributed by atoms with van der Waals surface area (Å²) >= 11 is 0. The van der Waals surface area contributed by atoms with Gasteiger partial charge in [0, 0.05) is 32.0 Å². The molecule has 5 rings (SSSR count). The average molecular weight is 346 g/mol. The van der Waals surface area contributed by atoms with Gasteiger partial charge in [-0.3, -0.25) is 0 Å². The van der Waals surface area contributed by atoms with Gasteiger partial charge in [-0.15, -0.1) is 0 Å². The van der Waals surface area contributed by atoms with E-state index < -0.39 is 24.6 Å². The number of urea groups is 1. The number of piperidine rings is 1. The molecule has 5 fully saturated rings. The predicted molar refractivity (Wildman–Crippen MR) is 81.2 cm³/mol. The molecule has 1 aliphatic heterocycles. The van der Waals surface area contributed by atoms with Crippen molar-refractivity contribution in [1.82, 2.24) is 10.2 Å². The quantitative estimate of drug-likeness (QED) is 0.767. The Balaban J connectivity index is 1.35. The van der Waals surface area contributed by atoms with Gasteiger partial charge >= 0.3 is 12.2 Å². The molecule has 4 saturated carbocycles. The first-order valence-electron chi connectivity index (χ1n) is 9.10. The third-order valence-electron chi connectivity index (χ3n) is 6.92. The highest BCUT2D eigenvalue weighted by Gasteiger charge is 2.55. The van der Waals surface area contributed by atoms with Gasteiger partial charge in [-0.1, -0.05) is 0 Å². The van der Waals surface area contributed by atoms with Gasteiger partial charge in [0.25, 0.3) is 0 Å². The number of rotatable bonds is 1. The highest BCUT2D eigenvalue weighted by Crippen LogP contribution is 2.53. The van der Waals surface area contributed by atoms with Gasteiger partial charge in [-0.2, -0.15) is 13.2 Å². The molecule has 1 heterocycles. The molecule has 0 radical (unpaired) electrons. The fraction of sp³-hybridized carbons (Fsp3) is 0.941. The topological polar surface area (TPSA) is 52.6 Å². The van der Waals surface area contributed by atoms with Crippen LogP contribution in [0.25, 0.3) is 0 Å². The van der Waals surface area contributed by atoms with E-state index in [1.807, 2.05) is 0 Å². The first kappa shape index (κ1) is 16.5. The van der Waals surface area contributed by atoms with Crippen molar-refractivity contribution in [3.8, 4) is 0 Å². The van der Waals surface area contributed by atoms with E-state index in [4.69, 9.17) is 0 Å². The van der Waals surface area contributed by atoms with Crippen LogP contribution in [0.1, 0.15) is 44.9 Å². The SMILES string of the molecule is O=C(NC1C2CC3CC(C2)CC1C3)N1CCC(O)(C(F)(F)F)CC1. The number of likely N-dealkylation sites (tertiary alicyclic amines) is 1. The standard InChI is InChI=1S/C17H25F3N2O2/c18-17(19,20)16(24)1-3-22(4-2-16)15(23)21-14-12-6-10-5-11(8-12)9-13(14)7-10/h10-14,24H,1-9H2,(H,21,23). The second kappa shape index (κ2) is 5.51. The van der Waals surface area contributed by atoms with Crippen LogP contribution in [0.4, 0.5) is 18.0 Å². The number of alkyl halides is 3. The van der Waals surface area contributed by atoms with Crippen molar-refractivity contribution >= 4 is 6.03 Å². The molecule has 7 heteroatoms. The molecule has 1 saturated heterocycles. The summed E-state index contributed by atoms with van der Waals surface area (Å²) in [4.78, 5) is 13.9. The first-order valence-corrected chi connectivity index (χ1v) is 9.10. The Kier molecular flexibility index (Phi) is 3.79. The van der Waals surface area contributed by atoms with Gasteiger partial charge in [0.15, 0.2) is 5.60 Å². The minimum atomic E-state index is -4.63. The van der Waals surface area contributed by atoms with Crippen molar-refractivity contribution in [2.45, 2.75) is 62.8 Å². The molecule has 2 amide bonds. The number of carbonyl (C=O) groups excluding carboxylic acids is 1. The van der Waals surface area contributed by atoms with Gasteiger partial charge < -0.3 is 15.3 Å². The number of nitrogens with one attached hydrogen (secondary N) is 1. The van der Waals surface area contributed by atoms with Crippen molar-refractivity contribution < 1.29 is 23.1 Å². The highest BCUT2D eigenvalue weighted by atomic mass is 19.4. The normalized spacial score (nSPS) is 40.7. The third-order valence-corrected chi connectivity index (χ3v) is 6.92. The molecule has 5 aliphatic rings. The molecular weight excluding hydrogens is 321 g/mol. The summed E-state index contributed by atoms with van der Waals surface area (Å²) < 4.78 is 38.6. The zero-order valence-corrected chi connectivity index (χ0v) is 13.7. The fourth-order valence-electron chi connectivity index (χ4n) is 5.76. The molecule has 4 aliphatic carbocycles. The number of halogens is 3. The lowest BCUT2D eigenvalue weighted by Gasteiger charge is -2.54. The summed E-state index contributed by atoms with van der Waals surface area (Å²) in [6, 6.07) is -0.0644. The highest BCUT2D eigenvalue weighted by molar-refractivity contribution is 5.74. The van der Waals surface area contributed by atoms with Crippen LogP contribution in [0, 0.1) is 23.7 Å². The molecule has 4 nitrogen and oxygen atoms in total. The van der Waals surface area contributed by atoms with Gasteiger partial charge in [-0.25, -0.2) is 4.79 Å². The third kappa shape index (κ3) is 2.68. The zero-order valence-electron chi connectivity index (χ0n) is 13.7. The Morgan fingerprint density at radius 1 is 1.00 bits per heavy atom. The van der Waals surface area contributed by atoms with Crippen molar-refractivity contribution in [3.05, 3.63) is 0 Å². The number of hydrogen-bond donors (Lipinski definition) is 2. The summed E-state index contributed by atoms with van der Waals surface area (Å²) in [6.45, 7) is -0.0930. The van der Waals surface area contributed by atoms with Gasteiger partial charge in [0.1, 0.15) is 0 Å². The Morgan fingerprint density at radius 2 is 1.50 bits per heavy atom. The Morgan fingerprint density at radius 3 is 1.96 bits per heavy atom. The number of carbonyl (C=O) groups is 1.